The van der Waals surface area contributed by atoms with Crippen LogP contribution in [0.1, 0.15) is 37.0 Å². The molecule has 106 valence electrons. The molecule has 0 spiro atoms. The minimum Gasteiger partial charge on any atom is -0.383 e. The van der Waals surface area contributed by atoms with E-state index < -0.39 is 17.5 Å². The van der Waals surface area contributed by atoms with Gasteiger partial charge in [-0.1, -0.05) is 26.7 Å². The number of halogens is 2. The summed E-state index contributed by atoms with van der Waals surface area (Å²) < 4.78 is 27.0. The second-order valence-electron chi connectivity index (χ2n) is 4.46. The lowest BCUT2D eigenvalue weighted by molar-refractivity contribution is 0.0945. The van der Waals surface area contributed by atoms with Crippen LogP contribution in [0.2, 0.25) is 0 Å². The fourth-order valence-electron chi connectivity index (χ4n) is 1.86. The Morgan fingerprint density at radius 2 is 1.74 bits per heavy atom. The predicted octanol–water partition coefficient (Wildman–Crippen LogP) is 3.17. The minimum absolute atomic E-state index is 0.0000406. The molecule has 0 aliphatic rings. The lowest BCUT2D eigenvalue weighted by atomic mass is 10.0. The third-order valence-corrected chi connectivity index (χ3v) is 3.26. The molecule has 1 aromatic carbocycles. The van der Waals surface area contributed by atoms with Gasteiger partial charge in [-0.05, 0) is 18.1 Å². The molecule has 0 saturated heterocycles. The molecule has 1 aromatic rings. The fraction of sp³-hybridized carbons (Fsp3) is 0.500. The van der Waals surface area contributed by atoms with Crippen LogP contribution in [0, 0.1) is 17.6 Å². The van der Waals surface area contributed by atoms with Gasteiger partial charge in [-0.3, -0.25) is 4.79 Å². The standard InChI is InChI=1S/C14H20F2N2O/c1-4-9(5-2)8-18-14(19)10-6-11(15)13(17-3)12(16)7-10/h6-7,9,17H,4-5,8H2,1-3H3,(H,18,19). The van der Waals surface area contributed by atoms with Gasteiger partial charge in [0, 0.05) is 19.2 Å². The van der Waals surface area contributed by atoms with Crippen molar-refractivity contribution >= 4 is 11.6 Å². The van der Waals surface area contributed by atoms with Crippen LogP contribution in [0.5, 0.6) is 0 Å². The second-order valence-corrected chi connectivity index (χ2v) is 4.46. The van der Waals surface area contributed by atoms with Crippen LogP contribution in [0.15, 0.2) is 12.1 Å². The molecule has 1 amide bonds. The van der Waals surface area contributed by atoms with Crippen molar-refractivity contribution in [2.45, 2.75) is 26.7 Å². The Balaban J connectivity index is 2.78. The van der Waals surface area contributed by atoms with Gasteiger partial charge in [-0.25, -0.2) is 8.78 Å². The van der Waals surface area contributed by atoms with Gasteiger partial charge in [-0.15, -0.1) is 0 Å². The fourth-order valence-corrected chi connectivity index (χ4v) is 1.86. The molecule has 1 rings (SSSR count). The minimum atomic E-state index is -0.768. The van der Waals surface area contributed by atoms with Crippen LogP contribution in [0.25, 0.3) is 0 Å². The summed E-state index contributed by atoms with van der Waals surface area (Å²) in [5, 5.41) is 5.12. The van der Waals surface area contributed by atoms with E-state index in [0.717, 1.165) is 25.0 Å². The molecule has 2 N–H and O–H groups in total. The zero-order valence-electron chi connectivity index (χ0n) is 11.5. The summed E-state index contributed by atoms with van der Waals surface area (Å²) in [5.41, 5.74) is -0.225. The molecule has 0 heterocycles. The van der Waals surface area contributed by atoms with Crippen molar-refractivity contribution < 1.29 is 13.6 Å². The number of amides is 1. The maximum Gasteiger partial charge on any atom is 0.251 e. The maximum absolute atomic E-state index is 13.5. The Morgan fingerprint density at radius 1 is 1.21 bits per heavy atom. The van der Waals surface area contributed by atoms with Gasteiger partial charge in [0.15, 0.2) is 0 Å². The zero-order chi connectivity index (χ0) is 14.4. The Morgan fingerprint density at radius 3 is 2.16 bits per heavy atom. The number of rotatable bonds is 6. The zero-order valence-corrected chi connectivity index (χ0v) is 11.5. The van der Waals surface area contributed by atoms with E-state index in [1.54, 1.807) is 0 Å². The van der Waals surface area contributed by atoms with Crippen LogP contribution in [-0.2, 0) is 0 Å². The highest BCUT2D eigenvalue weighted by atomic mass is 19.1. The molecule has 0 aromatic heterocycles. The quantitative estimate of drug-likeness (QED) is 0.833. The number of hydrogen-bond donors (Lipinski definition) is 2. The molecule has 0 fully saturated rings. The van der Waals surface area contributed by atoms with Crippen molar-refractivity contribution in [1.82, 2.24) is 5.32 Å². The first-order chi connectivity index (χ1) is 9.03. The van der Waals surface area contributed by atoms with E-state index in [1.807, 2.05) is 13.8 Å². The van der Waals surface area contributed by atoms with E-state index >= 15 is 0 Å². The van der Waals surface area contributed by atoms with Crippen LogP contribution in [0.4, 0.5) is 14.5 Å². The maximum atomic E-state index is 13.5. The van der Waals surface area contributed by atoms with Gasteiger partial charge >= 0.3 is 0 Å². The summed E-state index contributed by atoms with van der Waals surface area (Å²) in [6.07, 6.45) is 1.91. The summed E-state index contributed by atoms with van der Waals surface area (Å²) >= 11 is 0. The van der Waals surface area contributed by atoms with Crippen LogP contribution >= 0.6 is 0 Å². The topological polar surface area (TPSA) is 41.1 Å². The molecular weight excluding hydrogens is 250 g/mol. The Bertz CT molecular complexity index is 422. The molecule has 0 atom stereocenters. The number of carbonyl (C=O) groups is 1. The van der Waals surface area contributed by atoms with E-state index in [9.17, 15) is 13.6 Å². The summed E-state index contributed by atoms with van der Waals surface area (Å²) in [7, 11) is 1.42. The predicted molar refractivity (Wildman–Crippen MR) is 72.3 cm³/mol. The van der Waals surface area contributed by atoms with Gasteiger partial charge in [0.2, 0.25) is 0 Å². The lowest BCUT2D eigenvalue weighted by Crippen LogP contribution is -2.29. The van der Waals surface area contributed by atoms with Gasteiger partial charge in [0.05, 0.1) is 0 Å². The van der Waals surface area contributed by atoms with Crippen molar-refractivity contribution in [2.24, 2.45) is 5.92 Å². The first-order valence-electron chi connectivity index (χ1n) is 6.48. The summed E-state index contributed by atoms with van der Waals surface area (Å²) in [4.78, 5) is 11.8. The Hall–Kier alpha value is -1.65. The first kappa shape index (κ1) is 15.4. The third-order valence-electron chi connectivity index (χ3n) is 3.26. The molecular formula is C14H20F2N2O. The molecule has 3 nitrogen and oxygen atoms in total. The normalized spacial score (nSPS) is 10.6. The smallest absolute Gasteiger partial charge is 0.251 e. The number of nitrogens with one attached hydrogen (secondary N) is 2. The van der Waals surface area contributed by atoms with Crippen molar-refractivity contribution in [1.29, 1.82) is 0 Å². The van der Waals surface area contributed by atoms with Gasteiger partial charge < -0.3 is 10.6 Å². The van der Waals surface area contributed by atoms with Crippen LogP contribution in [-0.4, -0.2) is 19.5 Å². The van der Waals surface area contributed by atoms with E-state index in [-0.39, 0.29) is 11.3 Å². The lowest BCUT2D eigenvalue weighted by Gasteiger charge is -2.13. The second kappa shape index (κ2) is 7.07. The highest BCUT2D eigenvalue weighted by molar-refractivity contribution is 5.94. The average Bonchev–Trinajstić information content (AvgIpc) is 2.39. The van der Waals surface area contributed by atoms with Crippen LogP contribution in [0.3, 0.4) is 0 Å². The SMILES string of the molecule is CCC(CC)CNC(=O)c1cc(F)c(NC)c(F)c1. The van der Waals surface area contributed by atoms with E-state index in [0.29, 0.717) is 12.5 Å². The number of carbonyl (C=O) groups excluding carboxylic acids is 1. The monoisotopic (exact) mass is 270 g/mol. The van der Waals surface area contributed by atoms with Gasteiger partial charge in [0.25, 0.3) is 5.91 Å². The molecule has 0 radical (unpaired) electrons. The summed E-state index contributed by atoms with van der Waals surface area (Å²) in [6, 6.07) is 2.08. The molecule has 0 saturated carbocycles. The van der Waals surface area contributed by atoms with E-state index in [4.69, 9.17) is 0 Å². The molecule has 19 heavy (non-hydrogen) atoms. The van der Waals surface area contributed by atoms with E-state index in [2.05, 4.69) is 10.6 Å². The third kappa shape index (κ3) is 3.91. The highest BCUT2D eigenvalue weighted by Crippen LogP contribution is 2.20. The molecule has 0 aliphatic heterocycles. The molecule has 0 aliphatic carbocycles. The molecule has 0 unspecified atom stereocenters. The molecule has 5 heteroatoms. The summed E-state index contributed by atoms with van der Waals surface area (Å²) in [5.74, 6) is -1.60. The Labute approximate surface area is 112 Å². The van der Waals surface area contributed by atoms with Crippen molar-refractivity contribution in [3.8, 4) is 0 Å². The average molecular weight is 270 g/mol. The van der Waals surface area contributed by atoms with Crippen molar-refractivity contribution in [3.05, 3.63) is 29.3 Å². The Kier molecular flexibility index (Phi) is 5.73. The number of hydrogen-bond acceptors (Lipinski definition) is 2. The number of benzene rings is 1. The van der Waals surface area contributed by atoms with Gasteiger partial charge in [-0.2, -0.15) is 0 Å². The summed E-state index contributed by atoms with van der Waals surface area (Å²) in [6.45, 7) is 4.60. The number of anilines is 1. The largest absolute Gasteiger partial charge is 0.383 e. The van der Waals surface area contributed by atoms with E-state index in [1.165, 1.54) is 7.05 Å². The van der Waals surface area contributed by atoms with Crippen molar-refractivity contribution in [3.63, 3.8) is 0 Å². The van der Waals surface area contributed by atoms with Crippen molar-refractivity contribution in [2.75, 3.05) is 18.9 Å². The van der Waals surface area contributed by atoms with Gasteiger partial charge in [0.1, 0.15) is 17.3 Å². The first-order valence-corrected chi connectivity index (χ1v) is 6.48. The highest BCUT2D eigenvalue weighted by Gasteiger charge is 2.15. The molecule has 0 bridgehead atoms. The van der Waals surface area contributed by atoms with Crippen LogP contribution < -0.4 is 10.6 Å².